The van der Waals surface area contributed by atoms with Crippen LogP contribution in [-0.4, -0.2) is 52.9 Å². The maximum atomic E-state index is 11.9. The Bertz CT molecular complexity index is 538. The smallest absolute Gasteiger partial charge is 0.225 e. The van der Waals surface area contributed by atoms with E-state index in [1.165, 1.54) is 0 Å². The minimum Gasteiger partial charge on any atom is -0.497 e. The lowest BCUT2D eigenvalue weighted by Crippen LogP contribution is -2.51. The summed E-state index contributed by atoms with van der Waals surface area (Å²) in [4.78, 5) is 14.2. The normalized spacial score (nSPS) is 21.0. The molecule has 6 heteroatoms. The number of nitrogens with one attached hydrogen (secondary N) is 2. The van der Waals surface area contributed by atoms with E-state index >= 15 is 0 Å². The van der Waals surface area contributed by atoms with Crippen molar-refractivity contribution in [1.29, 1.82) is 0 Å². The van der Waals surface area contributed by atoms with Gasteiger partial charge >= 0.3 is 0 Å². The van der Waals surface area contributed by atoms with Crippen LogP contribution in [0.1, 0.15) is 6.42 Å². The molecule has 2 aliphatic heterocycles. The Balaban J connectivity index is 1.55. The van der Waals surface area contributed by atoms with Crippen molar-refractivity contribution in [1.82, 2.24) is 10.6 Å². The van der Waals surface area contributed by atoms with E-state index in [0.717, 1.165) is 56.3 Å². The van der Waals surface area contributed by atoms with E-state index in [9.17, 15) is 4.79 Å². The summed E-state index contributed by atoms with van der Waals surface area (Å²) in [6.45, 7) is 4.31. The molecule has 1 atom stereocenters. The molecule has 3 rings (SSSR count). The van der Waals surface area contributed by atoms with E-state index in [2.05, 4.69) is 15.5 Å². The fourth-order valence-electron chi connectivity index (χ4n) is 3.07. The molecule has 2 heterocycles. The molecule has 0 spiro atoms. The fourth-order valence-corrected chi connectivity index (χ4v) is 3.07. The second-order valence-corrected chi connectivity index (χ2v) is 6.27. The highest BCUT2D eigenvalue weighted by Gasteiger charge is 2.27. The Labute approximate surface area is 137 Å². The second-order valence-electron chi connectivity index (χ2n) is 6.27. The van der Waals surface area contributed by atoms with Crippen LogP contribution in [0.2, 0.25) is 0 Å². The van der Waals surface area contributed by atoms with Crippen molar-refractivity contribution in [3.05, 3.63) is 18.2 Å². The monoisotopic (exact) mass is 319 g/mol. The Morgan fingerprint density at radius 3 is 2.52 bits per heavy atom. The van der Waals surface area contributed by atoms with Gasteiger partial charge in [-0.1, -0.05) is 0 Å². The number of carbonyl (C=O) groups excluding carboxylic acids is 1. The lowest BCUT2D eigenvalue weighted by Gasteiger charge is -2.26. The first-order valence-corrected chi connectivity index (χ1v) is 8.16. The highest BCUT2D eigenvalue weighted by molar-refractivity contribution is 5.80. The Kier molecular flexibility index (Phi) is 4.91. The van der Waals surface area contributed by atoms with Crippen LogP contribution in [0.5, 0.6) is 11.5 Å². The van der Waals surface area contributed by atoms with Gasteiger partial charge in [-0.25, -0.2) is 0 Å². The Hall–Kier alpha value is -1.95. The van der Waals surface area contributed by atoms with Gasteiger partial charge in [-0.05, 0) is 12.3 Å². The highest BCUT2D eigenvalue weighted by atomic mass is 16.5. The van der Waals surface area contributed by atoms with Crippen LogP contribution in [0.15, 0.2) is 18.2 Å². The highest BCUT2D eigenvalue weighted by Crippen LogP contribution is 2.31. The van der Waals surface area contributed by atoms with Crippen LogP contribution in [0, 0.1) is 11.8 Å². The number of hydrogen-bond donors (Lipinski definition) is 2. The number of amides is 1. The molecular weight excluding hydrogens is 294 g/mol. The first kappa shape index (κ1) is 15.9. The van der Waals surface area contributed by atoms with Crippen molar-refractivity contribution >= 4 is 11.6 Å². The average molecular weight is 319 g/mol. The summed E-state index contributed by atoms with van der Waals surface area (Å²) in [5.41, 5.74) is 1.11. The Morgan fingerprint density at radius 2 is 1.96 bits per heavy atom. The molecule has 2 N–H and O–H groups in total. The molecule has 1 aromatic carbocycles. The molecular formula is C17H25N3O3. The molecule has 0 radical (unpaired) electrons. The van der Waals surface area contributed by atoms with Crippen LogP contribution in [0.3, 0.4) is 0 Å². The molecule has 2 aliphatic rings. The molecule has 6 nitrogen and oxygen atoms in total. The van der Waals surface area contributed by atoms with Crippen molar-refractivity contribution in [3.63, 3.8) is 0 Å². The predicted octanol–water partition coefficient (Wildman–Crippen LogP) is 0.866. The zero-order valence-corrected chi connectivity index (χ0v) is 13.8. The van der Waals surface area contributed by atoms with Crippen molar-refractivity contribution in [2.75, 3.05) is 51.8 Å². The summed E-state index contributed by atoms with van der Waals surface area (Å²) in [5, 5.41) is 6.22. The number of anilines is 1. The summed E-state index contributed by atoms with van der Waals surface area (Å²) >= 11 is 0. The molecule has 0 aliphatic carbocycles. The Morgan fingerprint density at radius 1 is 1.26 bits per heavy atom. The molecule has 0 saturated carbocycles. The van der Waals surface area contributed by atoms with Crippen molar-refractivity contribution in [2.24, 2.45) is 11.8 Å². The number of ether oxygens (including phenoxy) is 2. The molecule has 1 aromatic rings. The summed E-state index contributed by atoms with van der Waals surface area (Å²) in [6.07, 6.45) is 1.09. The lowest BCUT2D eigenvalue weighted by molar-refractivity contribution is -0.126. The quantitative estimate of drug-likeness (QED) is 0.814. The van der Waals surface area contributed by atoms with Crippen LogP contribution in [0.25, 0.3) is 0 Å². The van der Waals surface area contributed by atoms with E-state index in [1.807, 2.05) is 18.2 Å². The maximum Gasteiger partial charge on any atom is 0.225 e. The second kappa shape index (κ2) is 7.08. The third-order valence-corrected chi connectivity index (χ3v) is 4.70. The SMILES string of the molecule is COc1cc(OC)cc(N2CCC(CNC(=O)C3CNC3)C2)c1. The third kappa shape index (κ3) is 3.69. The van der Waals surface area contributed by atoms with Gasteiger partial charge in [0.05, 0.1) is 20.1 Å². The number of carbonyl (C=O) groups is 1. The van der Waals surface area contributed by atoms with Crippen molar-refractivity contribution in [3.8, 4) is 11.5 Å². The van der Waals surface area contributed by atoms with Gasteiger partial charge in [0, 0.05) is 56.6 Å². The molecule has 2 fully saturated rings. The largest absolute Gasteiger partial charge is 0.497 e. The first-order chi connectivity index (χ1) is 11.2. The van der Waals surface area contributed by atoms with Crippen LogP contribution in [-0.2, 0) is 4.79 Å². The zero-order valence-electron chi connectivity index (χ0n) is 13.8. The van der Waals surface area contributed by atoms with Crippen LogP contribution >= 0.6 is 0 Å². The van der Waals surface area contributed by atoms with Gasteiger partial charge in [0.1, 0.15) is 11.5 Å². The lowest BCUT2D eigenvalue weighted by atomic mass is 10.0. The minimum absolute atomic E-state index is 0.162. The summed E-state index contributed by atoms with van der Waals surface area (Å²) in [6, 6.07) is 5.94. The number of rotatable bonds is 6. The number of hydrogen-bond acceptors (Lipinski definition) is 5. The summed E-state index contributed by atoms with van der Waals surface area (Å²) in [5.74, 6) is 2.44. The third-order valence-electron chi connectivity index (χ3n) is 4.70. The van der Waals surface area contributed by atoms with Gasteiger partial charge in [-0.15, -0.1) is 0 Å². The van der Waals surface area contributed by atoms with Gasteiger partial charge in [-0.2, -0.15) is 0 Å². The van der Waals surface area contributed by atoms with Gasteiger partial charge in [-0.3, -0.25) is 4.79 Å². The van der Waals surface area contributed by atoms with E-state index in [0.29, 0.717) is 5.92 Å². The maximum absolute atomic E-state index is 11.9. The molecule has 23 heavy (non-hydrogen) atoms. The topological polar surface area (TPSA) is 62.8 Å². The summed E-state index contributed by atoms with van der Waals surface area (Å²) < 4.78 is 10.7. The van der Waals surface area contributed by atoms with Crippen molar-refractivity contribution in [2.45, 2.75) is 6.42 Å². The van der Waals surface area contributed by atoms with E-state index in [4.69, 9.17) is 9.47 Å². The van der Waals surface area contributed by atoms with Gasteiger partial charge in [0.25, 0.3) is 0 Å². The zero-order chi connectivity index (χ0) is 16.2. The number of nitrogens with zero attached hydrogens (tertiary/aromatic N) is 1. The van der Waals surface area contributed by atoms with Crippen LogP contribution < -0.4 is 25.0 Å². The first-order valence-electron chi connectivity index (χ1n) is 8.16. The van der Waals surface area contributed by atoms with Crippen LogP contribution in [0.4, 0.5) is 5.69 Å². The molecule has 0 bridgehead atoms. The van der Waals surface area contributed by atoms with Gasteiger partial charge < -0.3 is 25.0 Å². The molecule has 1 amide bonds. The van der Waals surface area contributed by atoms with E-state index in [1.54, 1.807) is 14.2 Å². The number of benzene rings is 1. The average Bonchev–Trinajstić information content (AvgIpc) is 2.99. The van der Waals surface area contributed by atoms with Gasteiger partial charge in [0.2, 0.25) is 5.91 Å². The molecule has 1 unspecified atom stereocenters. The van der Waals surface area contributed by atoms with E-state index < -0.39 is 0 Å². The predicted molar refractivity (Wildman–Crippen MR) is 89.2 cm³/mol. The standard InChI is InChI=1S/C17H25N3O3/c1-22-15-5-14(6-16(7-15)23-2)20-4-3-12(11-20)8-19-17(21)13-9-18-10-13/h5-7,12-13,18H,3-4,8-11H2,1-2H3,(H,19,21). The fraction of sp³-hybridized carbons (Fsp3) is 0.588. The molecule has 126 valence electrons. The van der Waals surface area contributed by atoms with Crippen molar-refractivity contribution < 1.29 is 14.3 Å². The van der Waals surface area contributed by atoms with Gasteiger partial charge in [0.15, 0.2) is 0 Å². The summed E-state index contributed by atoms with van der Waals surface area (Å²) in [7, 11) is 3.33. The molecule has 0 aromatic heterocycles. The number of methoxy groups -OCH3 is 2. The van der Waals surface area contributed by atoms with E-state index in [-0.39, 0.29) is 11.8 Å². The minimum atomic E-state index is 0.162. The molecule has 2 saturated heterocycles.